The number of phenolic OH excluding ortho intramolecular Hbond substituents is 1. The zero-order valence-electron chi connectivity index (χ0n) is 14.3. The van der Waals surface area contributed by atoms with Gasteiger partial charge in [0.25, 0.3) is 0 Å². The Labute approximate surface area is 147 Å². The van der Waals surface area contributed by atoms with Crippen LogP contribution in [-0.4, -0.2) is 18.2 Å². The Morgan fingerprint density at radius 3 is 2.42 bits per heavy atom. The van der Waals surface area contributed by atoms with Crippen LogP contribution in [0, 0.1) is 13.8 Å². The van der Waals surface area contributed by atoms with Gasteiger partial charge < -0.3 is 9.84 Å². The first kappa shape index (κ1) is 18.1. The maximum atomic E-state index is 11.7. The smallest absolute Gasteiger partial charge is 0.341 e. The van der Waals surface area contributed by atoms with Crippen molar-refractivity contribution in [2.75, 3.05) is 7.11 Å². The van der Waals surface area contributed by atoms with Gasteiger partial charge in [-0.1, -0.05) is 41.4 Å². The van der Waals surface area contributed by atoms with Crippen LogP contribution < -0.4 is 0 Å². The van der Waals surface area contributed by atoms with Crippen molar-refractivity contribution in [3.63, 3.8) is 0 Å². The van der Waals surface area contributed by atoms with Crippen LogP contribution >= 0.6 is 11.6 Å². The molecule has 3 nitrogen and oxygen atoms in total. The van der Waals surface area contributed by atoms with Gasteiger partial charge in [-0.2, -0.15) is 0 Å². The topological polar surface area (TPSA) is 46.5 Å². The average Bonchev–Trinajstić information content (AvgIpc) is 2.54. The lowest BCUT2D eigenvalue weighted by Gasteiger charge is -2.12. The first-order chi connectivity index (χ1) is 11.3. The second-order valence-electron chi connectivity index (χ2n) is 5.89. The molecule has 0 amide bonds. The Morgan fingerprint density at radius 2 is 1.83 bits per heavy atom. The minimum absolute atomic E-state index is 0.122. The van der Waals surface area contributed by atoms with Crippen molar-refractivity contribution in [2.45, 2.75) is 27.2 Å². The normalized spacial score (nSPS) is 11.5. The molecule has 2 aromatic rings. The van der Waals surface area contributed by atoms with Gasteiger partial charge in [-0.25, -0.2) is 4.79 Å². The van der Waals surface area contributed by atoms with Crippen molar-refractivity contribution in [3.05, 3.63) is 68.7 Å². The van der Waals surface area contributed by atoms with Crippen LogP contribution in [0.1, 0.15) is 39.5 Å². The molecule has 0 aromatic heterocycles. The number of phenols is 1. The summed E-state index contributed by atoms with van der Waals surface area (Å²) in [5, 5.41) is 10.8. The second kappa shape index (κ2) is 7.54. The number of esters is 1. The quantitative estimate of drug-likeness (QED) is 0.785. The summed E-state index contributed by atoms with van der Waals surface area (Å²) in [5.41, 5.74) is 5.22. The molecule has 0 saturated carbocycles. The number of ether oxygens (including phenoxy) is 1. The van der Waals surface area contributed by atoms with E-state index in [1.165, 1.54) is 24.3 Å². The summed E-state index contributed by atoms with van der Waals surface area (Å²) in [6.45, 7) is 6.11. The third kappa shape index (κ3) is 3.80. The molecular weight excluding hydrogens is 324 g/mol. The monoisotopic (exact) mass is 344 g/mol. The SMILES string of the molecule is COC(=O)c1ccc(Cl)c(C/C(C)=C/c2c(C)cccc2C)c1O. The van der Waals surface area contributed by atoms with Crippen LogP contribution in [0.5, 0.6) is 5.75 Å². The van der Waals surface area contributed by atoms with E-state index < -0.39 is 5.97 Å². The number of methoxy groups -OCH3 is 1. The number of halogens is 1. The van der Waals surface area contributed by atoms with E-state index in [2.05, 4.69) is 36.8 Å². The van der Waals surface area contributed by atoms with Crippen molar-refractivity contribution >= 4 is 23.6 Å². The fourth-order valence-electron chi connectivity index (χ4n) is 2.69. The van der Waals surface area contributed by atoms with Crippen molar-refractivity contribution in [3.8, 4) is 5.75 Å². The Morgan fingerprint density at radius 1 is 1.21 bits per heavy atom. The highest BCUT2D eigenvalue weighted by Gasteiger charge is 2.17. The van der Waals surface area contributed by atoms with E-state index in [1.807, 2.05) is 13.0 Å². The van der Waals surface area contributed by atoms with Gasteiger partial charge in [0.05, 0.1) is 7.11 Å². The molecule has 0 spiro atoms. The van der Waals surface area contributed by atoms with Gasteiger partial charge in [0.15, 0.2) is 0 Å². The molecule has 24 heavy (non-hydrogen) atoms. The lowest BCUT2D eigenvalue weighted by atomic mass is 9.97. The predicted octanol–water partition coefficient (Wildman–Crippen LogP) is 5.10. The fraction of sp³-hybridized carbons (Fsp3) is 0.250. The summed E-state index contributed by atoms with van der Waals surface area (Å²) >= 11 is 6.22. The van der Waals surface area contributed by atoms with Crippen LogP contribution in [0.4, 0.5) is 0 Å². The zero-order valence-corrected chi connectivity index (χ0v) is 15.1. The van der Waals surface area contributed by atoms with Gasteiger partial charge in [0, 0.05) is 10.6 Å². The standard InChI is InChI=1S/C20H21ClO3/c1-12(10-16-13(2)6-5-7-14(16)3)11-17-18(21)9-8-15(19(17)22)20(23)24-4/h5-10,22H,11H2,1-4H3/b12-10+. The fourth-order valence-corrected chi connectivity index (χ4v) is 2.91. The van der Waals surface area contributed by atoms with Crippen molar-refractivity contribution in [2.24, 2.45) is 0 Å². The van der Waals surface area contributed by atoms with Gasteiger partial charge in [-0.3, -0.25) is 0 Å². The Balaban J connectivity index is 2.40. The van der Waals surface area contributed by atoms with Crippen LogP contribution in [0.25, 0.3) is 6.08 Å². The largest absolute Gasteiger partial charge is 0.507 e. The lowest BCUT2D eigenvalue weighted by Crippen LogP contribution is -2.03. The molecule has 2 aromatic carbocycles. The number of benzene rings is 2. The molecule has 2 rings (SSSR count). The molecule has 4 heteroatoms. The molecule has 0 heterocycles. The molecular formula is C20H21ClO3. The van der Waals surface area contributed by atoms with Crippen molar-refractivity contribution in [1.29, 1.82) is 0 Å². The van der Waals surface area contributed by atoms with E-state index in [1.54, 1.807) is 6.07 Å². The highest BCUT2D eigenvalue weighted by Crippen LogP contribution is 2.32. The van der Waals surface area contributed by atoms with E-state index in [-0.39, 0.29) is 11.3 Å². The first-order valence-electron chi connectivity index (χ1n) is 7.67. The molecule has 0 saturated heterocycles. The molecule has 0 bridgehead atoms. The Bertz CT molecular complexity index is 787. The molecule has 0 radical (unpaired) electrons. The van der Waals surface area contributed by atoms with E-state index in [4.69, 9.17) is 11.6 Å². The molecule has 1 N–H and O–H groups in total. The van der Waals surface area contributed by atoms with Gasteiger partial charge in [-0.05, 0) is 56.0 Å². The summed E-state index contributed by atoms with van der Waals surface area (Å²) < 4.78 is 4.69. The number of rotatable bonds is 4. The van der Waals surface area contributed by atoms with Crippen LogP contribution in [-0.2, 0) is 11.2 Å². The summed E-state index contributed by atoms with van der Waals surface area (Å²) in [6, 6.07) is 9.23. The summed E-state index contributed by atoms with van der Waals surface area (Å²) in [7, 11) is 1.28. The Hall–Kier alpha value is -2.26. The maximum absolute atomic E-state index is 11.7. The molecule has 0 atom stereocenters. The molecule has 0 aliphatic heterocycles. The second-order valence-corrected chi connectivity index (χ2v) is 6.29. The first-order valence-corrected chi connectivity index (χ1v) is 8.05. The summed E-state index contributed by atoms with van der Waals surface area (Å²) in [6.07, 6.45) is 2.54. The lowest BCUT2D eigenvalue weighted by molar-refractivity contribution is 0.0597. The minimum Gasteiger partial charge on any atom is -0.507 e. The third-order valence-corrected chi connectivity index (χ3v) is 4.37. The highest BCUT2D eigenvalue weighted by atomic mass is 35.5. The van der Waals surface area contributed by atoms with E-state index in [0.29, 0.717) is 17.0 Å². The van der Waals surface area contributed by atoms with Crippen molar-refractivity contribution < 1.29 is 14.6 Å². The van der Waals surface area contributed by atoms with Gasteiger partial charge in [-0.15, -0.1) is 0 Å². The third-order valence-electron chi connectivity index (χ3n) is 4.02. The predicted molar refractivity (Wildman–Crippen MR) is 97.7 cm³/mol. The van der Waals surface area contributed by atoms with Gasteiger partial charge in [0.2, 0.25) is 0 Å². The summed E-state index contributed by atoms with van der Waals surface area (Å²) in [5.74, 6) is -0.703. The van der Waals surface area contributed by atoms with Crippen molar-refractivity contribution in [1.82, 2.24) is 0 Å². The summed E-state index contributed by atoms with van der Waals surface area (Å²) in [4.78, 5) is 11.7. The number of aromatic hydroxyl groups is 1. The number of aryl methyl sites for hydroxylation is 2. The van der Waals surface area contributed by atoms with Crippen LogP contribution in [0.2, 0.25) is 5.02 Å². The van der Waals surface area contributed by atoms with Gasteiger partial charge >= 0.3 is 5.97 Å². The molecule has 0 aliphatic carbocycles. The zero-order chi connectivity index (χ0) is 17.9. The molecule has 0 aliphatic rings. The maximum Gasteiger partial charge on any atom is 0.341 e. The Kier molecular flexibility index (Phi) is 5.68. The van der Waals surface area contributed by atoms with E-state index in [0.717, 1.165) is 11.1 Å². The van der Waals surface area contributed by atoms with Crippen LogP contribution in [0.15, 0.2) is 35.9 Å². The molecule has 126 valence electrons. The van der Waals surface area contributed by atoms with E-state index >= 15 is 0 Å². The van der Waals surface area contributed by atoms with Gasteiger partial charge in [0.1, 0.15) is 11.3 Å². The highest BCUT2D eigenvalue weighted by molar-refractivity contribution is 6.31. The molecule has 0 fully saturated rings. The van der Waals surface area contributed by atoms with Crippen LogP contribution in [0.3, 0.4) is 0 Å². The number of allylic oxidation sites excluding steroid dienone is 1. The van der Waals surface area contributed by atoms with E-state index in [9.17, 15) is 9.90 Å². The number of hydrogen-bond donors (Lipinski definition) is 1. The average molecular weight is 345 g/mol. The minimum atomic E-state index is -0.582. The molecule has 0 unspecified atom stereocenters. The number of carbonyl (C=O) groups is 1. The number of hydrogen-bond acceptors (Lipinski definition) is 3. The number of carbonyl (C=O) groups excluding carboxylic acids is 1.